The Labute approximate surface area is 171 Å². The summed E-state index contributed by atoms with van der Waals surface area (Å²) in [6.07, 6.45) is 2.07. The van der Waals surface area contributed by atoms with E-state index in [1.807, 2.05) is 18.2 Å². The summed E-state index contributed by atoms with van der Waals surface area (Å²) in [6.45, 7) is 1.31. The summed E-state index contributed by atoms with van der Waals surface area (Å²) in [5.74, 6) is 2.75. The van der Waals surface area contributed by atoms with Crippen LogP contribution in [0.1, 0.15) is 24.4 Å². The van der Waals surface area contributed by atoms with Crippen molar-refractivity contribution in [2.75, 3.05) is 46.8 Å². The van der Waals surface area contributed by atoms with Gasteiger partial charge in [0.2, 0.25) is 0 Å². The van der Waals surface area contributed by atoms with Gasteiger partial charge in [-0.05, 0) is 24.3 Å². The molecule has 0 aromatic heterocycles. The molecule has 0 spiro atoms. The minimum absolute atomic E-state index is 0.0529. The van der Waals surface area contributed by atoms with Crippen molar-refractivity contribution in [3.05, 3.63) is 42.0 Å². The smallest absolute Gasteiger partial charge is 0.279 e. The zero-order valence-corrected chi connectivity index (χ0v) is 17.4. The molecule has 1 aliphatic heterocycles. The number of quaternary nitrogens is 1. The second-order valence-electron chi connectivity index (χ2n) is 7.00. The number of amides is 1. The molecular weight excluding hydrogens is 372 g/mol. The van der Waals surface area contributed by atoms with E-state index in [2.05, 4.69) is 5.32 Å². The van der Waals surface area contributed by atoms with Crippen LogP contribution in [0.25, 0.3) is 0 Å². The van der Waals surface area contributed by atoms with E-state index in [9.17, 15) is 4.79 Å². The predicted octanol–water partition coefficient (Wildman–Crippen LogP) is 2.08. The number of ether oxygens (including phenoxy) is 4. The molecule has 0 radical (unpaired) electrons. The van der Waals surface area contributed by atoms with Crippen LogP contribution < -0.4 is 29.2 Å². The molecule has 0 saturated carbocycles. The monoisotopic (exact) mass is 401 g/mol. The highest BCUT2D eigenvalue weighted by Gasteiger charge is 2.33. The maximum atomic E-state index is 12.8. The molecule has 2 N–H and O–H groups in total. The van der Waals surface area contributed by atoms with Gasteiger partial charge in [0.1, 0.15) is 29.0 Å². The van der Waals surface area contributed by atoms with Crippen molar-refractivity contribution in [3.63, 3.8) is 0 Å². The van der Waals surface area contributed by atoms with Crippen LogP contribution in [0.3, 0.4) is 0 Å². The molecule has 2 aromatic carbocycles. The normalized spacial score (nSPS) is 18.2. The van der Waals surface area contributed by atoms with Crippen LogP contribution in [0.2, 0.25) is 0 Å². The van der Waals surface area contributed by atoms with E-state index in [4.69, 9.17) is 18.9 Å². The van der Waals surface area contributed by atoms with Gasteiger partial charge >= 0.3 is 0 Å². The van der Waals surface area contributed by atoms with Crippen molar-refractivity contribution in [2.24, 2.45) is 0 Å². The van der Waals surface area contributed by atoms with Gasteiger partial charge in [0.15, 0.2) is 6.54 Å². The van der Waals surface area contributed by atoms with Crippen LogP contribution >= 0.6 is 0 Å². The Bertz CT molecular complexity index is 855. The summed E-state index contributed by atoms with van der Waals surface area (Å²) in [5, 5.41) is 2.97. The van der Waals surface area contributed by atoms with Crippen LogP contribution in [-0.2, 0) is 4.79 Å². The Kier molecular flexibility index (Phi) is 6.82. The van der Waals surface area contributed by atoms with Crippen molar-refractivity contribution in [3.8, 4) is 23.0 Å². The number of nitrogens with one attached hydrogen (secondary N) is 2. The molecule has 1 amide bonds. The number of rotatable bonds is 8. The van der Waals surface area contributed by atoms with Gasteiger partial charge in [-0.3, -0.25) is 4.79 Å². The fourth-order valence-corrected chi connectivity index (χ4v) is 3.91. The molecule has 1 saturated heterocycles. The van der Waals surface area contributed by atoms with Gasteiger partial charge in [0.05, 0.1) is 46.2 Å². The average Bonchev–Trinajstić information content (AvgIpc) is 3.20. The Morgan fingerprint density at radius 2 is 1.62 bits per heavy atom. The minimum Gasteiger partial charge on any atom is -0.497 e. The number of carbonyl (C=O) groups excluding carboxylic acids is 1. The Morgan fingerprint density at radius 3 is 2.28 bits per heavy atom. The van der Waals surface area contributed by atoms with Crippen molar-refractivity contribution in [1.29, 1.82) is 0 Å². The SMILES string of the molecule is COc1ccc(NC(=O)C[NH+]2CCC[C@H]2c2ccc(OC)cc2OC)c(OC)c1. The first-order valence-electron chi connectivity index (χ1n) is 9.68. The van der Waals surface area contributed by atoms with Crippen molar-refractivity contribution in [1.82, 2.24) is 0 Å². The van der Waals surface area contributed by atoms with Crippen LogP contribution in [0.4, 0.5) is 5.69 Å². The maximum absolute atomic E-state index is 12.8. The predicted molar refractivity (Wildman–Crippen MR) is 110 cm³/mol. The summed E-state index contributed by atoms with van der Waals surface area (Å²) in [4.78, 5) is 14.0. The molecule has 156 valence electrons. The van der Waals surface area contributed by atoms with Crippen molar-refractivity contribution < 1.29 is 28.6 Å². The lowest BCUT2D eigenvalue weighted by molar-refractivity contribution is -0.910. The second kappa shape index (κ2) is 9.52. The zero-order chi connectivity index (χ0) is 20.8. The third-order valence-corrected chi connectivity index (χ3v) is 5.37. The number of methoxy groups -OCH3 is 4. The zero-order valence-electron chi connectivity index (χ0n) is 17.4. The van der Waals surface area contributed by atoms with Gasteiger partial charge in [-0.25, -0.2) is 0 Å². The van der Waals surface area contributed by atoms with Gasteiger partial charge in [0, 0.05) is 25.0 Å². The van der Waals surface area contributed by atoms with Crippen molar-refractivity contribution >= 4 is 11.6 Å². The fraction of sp³-hybridized carbons (Fsp3) is 0.409. The number of benzene rings is 2. The largest absolute Gasteiger partial charge is 0.497 e. The maximum Gasteiger partial charge on any atom is 0.279 e. The highest BCUT2D eigenvalue weighted by Crippen LogP contribution is 2.32. The lowest BCUT2D eigenvalue weighted by Gasteiger charge is -2.23. The fourth-order valence-electron chi connectivity index (χ4n) is 3.91. The number of hydrogen-bond donors (Lipinski definition) is 2. The number of carbonyl (C=O) groups is 1. The van der Waals surface area contributed by atoms with E-state index in [1.165, 1.54) is 4.90 Å². The van der Waals surface area contributed by atoms with Crippen molar-refractivity contribution in [2.45, 2.75) is 18.9 Å². The molecule has 2 atom stereocenters. The summed E-state index contributed by atoms with van der Waals surface area (Å²) in [6, 6.07) is 11.4. The van der Waals surface area contributed by atoms with Gasteiger partial charge in [0.25, 0.3) is 5.91 Å². The summed E-state index contributed by atoms with van der Waals surface area (Å²) >= 11 is 0. The number of anilines is 1. The molecule has 1 heterocycles. The van der Waals surface area contributed by atoms with E-state index in [0.29, 0.717) is 23.7 Å². The number of likely N-dealkylation sites (tertiary alicyclic amines) is 1. The van der Waals surface area contributed by atoms with Crippen LogP contribution in [0.15, 0.2) is 36.4 Å². The molecule has 7 heteroatoms. The molecule has 3 rings (SSSR count). The third kappa shape index (κ3) is 4.74. The molecule has 2 aromatic rings. The van der Waals surface area contributed by atoms with Crippen LogP contribution in [0, 0.1) is 0 Å². The van der Waals surface area contributed by atoms with Crippen LogP contribution in [-0.4, -0.2) is 47.4 Å². The number of hydrogen-bond acceptors (Lipinski definition) is 5. The first-order chi connectivity index (χ1) is 14.1. The minimum atomic E-state index is -0.0529. The Morgan fingerprint density at radius 1 is 0.966 bits per heavy atom. The van der Waals surface area contributed by atoms with E-state index >= 15 is 0 Å². The standard InChI is InChI=1S/C22H28N2O5/c1-26-15-7-9-17(20(12-15)28-3)19-6-5-11-24(19)14-22(25)23-18-10-8-16(27-2)13-21(18)29-4/h7-10,12-13,19H,5-6,11,14H2,1-4H3,(H,23,25)/p+1/t19-/m0/s1. The summed E-state index contributed by atoms with van der Waals surface area (Å²) in [7, 11) is 6.47. The molecule has 0 aliphatic carbocycles. The van der Waals surface area contributed by atoms with Gasteiger partial charge in [-0.2, -0.15) is 0 Å². The third-order valence-electron chi connectivity index (χ3n) is 5.37. The Balaban J connectivity index is 1.72. The van der Waals surface area contributed by atoms with Gasteiger partial charge in [-0.1, -0.05) is 0 Å². The lowest BCUT2D eigenvalue weighted by Crippen LogP contribution is -3.11. The van der Waals surface area contributed by atoms with Gasteiger partial charge in [-0.15, -0.1) is 0 Å². The van der Waals surface area contributed by atoms with Gasteiger partial charge < -0.3 is 29.2 Å². The summed E-state index contributed by atoms with van der Waals surface area (Å²) < 4.78 is 21.5. The topological polar surface area (TPSA) is 70.5 Å². The molecule has 1 unspecified atom stereocenters. The quantitative estimate of drug-likeness (QED) is 0.709. The molecule has 7 nitrogen and oxygen atoms in total. The first kappa shape index (κ1) is 20.8. The van der Waals surface area contributed by atoms with E-state index in [0.717, 1.165) is 36.4 Å². The molecule has 0 bridgehead atoms. The highest BCUT2D eigenvalue weighted by molar-refractivity contribution is 5.93. The lowest BCUT2D eigenvalue weighted by atomic mass is 10.0. The first-order valence-corrected chi connectivity index (χ1v) is 9.68. The highest BCUT2D eigenvalue weighted by atomic mass is 16.5. The average molecular weight is 401 g/mol. The Hall–Kier alpha value is -2.93. The summed E-state index contributed by atoms with van der Waals surface area (Å²) in [5.41, 5.74) is 1.74. The second-order valence-corrected chi connectivity index (χ2v) is 7.00. The molecule has 1 fully saturated rings. The molecular formula is C22H29N2O5+. The van der Waals surface area contributed by atoms with E-state index in [-0.39, 0.29) is 11.9 Å². The van der Waals surface area contributed by atoms with E-state index in [1.54, 1.807) is 46.6 Å². The molecule has 1 aliphatic rings. The van der Waals surface area contributed by atoms with Crippen LogP contribution in [0.5, 0.6) is 23.0 Å². The van der Waals surface area contributed by atoms with E-state index < -0.39 is 0 Å². The molecule has 29 heavy (non-hydrogen) atoms.